The lowest BCUT2D eigenvalue weighted by atomic mass is 10.2. The van der Waals surface area contributed by atoms with Gasteiger partial charge < -0.3 is 14.5 Å². The molecule has 0 unspecified atom stereocenters. The first-order valence-electron chi connectivity index (χ1n) is 9.98. The topological polar surface area (TPSA) is 156 Å². The number of ether oxygens (including phenoxy) is 1. The largest absolute Gasteiger partial charge is 0.457 e. The Morgan fingerprint density at radius 2 is 1.89 bits per heavy atom. The number of nitrogens with one attached hydrogen (secondary N) is 1. The van der Waals surface area contributed by atoms with Gasteiger partial charge in [0.05, 0.1) is 28.1 Å². The van der Waals surface area contributed by atoms with Gasteiger partial charge in [-0.15, -0.1) is 0 Å². The molecule has 0 aliphatic heterocycles. The van der Waals surface area contributed by atoms with E-state index in [1.165, 1.54) is 41.2 Å². The van der Waals surface area contributed by atoms with Crippen LogP contribution in [0.4, 0.5) is 17.1 Å². The molecule has 0 atom stereocenters. The number of aromatic nitrogens is 2. The fourth-order valence-corrected chi connectivity index (χ4v) is 3.37. The van der Waals surface area contributed by atoms with E-state index in [1.54, 1.807) is 25.1 Å². The Balaban J connectivity index is 1.51. The van der Waals surface area contributed by atoms with E-state index in [2.05, 4.69) is 10.4 Å². The standard InChI is InChI=1S/C22H16ClN5O7/c1-13-6-14(23)2-4-20(13)35-19-8-15(7-16(9-19)27(30)31)25-22(29)21-5-3-18(34-21)12-26-11-17(10-24-26)28(32)33/h2-11H,12H2,1H3,(H,25,29). The molecule has 13 heteroatoms. The van der Waals surface area contributed by atoms with Crippen molar-refractivity contribution in [1.29, 1.82) is 0 Å². The number of aryl methyl sites for hydroxylation is 1. The van der Waals surface area contributed by atoms with Crippen molar-refractivity contribution in [2.24, 2.45) is 0 Å². The van der Waals surface area contributed by atoms with Crippen LogP contribution in [0.15, 0.2) is 65.3 Å². The second-order valence-electron chi connectivity index (χ2n) is 7.36. The molecule has 2 aromatic carbocycles. The molecule has 2 heterocycles. The van der Waals surface area contributed by atoms with Gasteiger partial charge >= 0.3 is 5.69 Å². The highest BCUT2D eigenvalue weighted by molar-refractivity contribution is 6.30. The summed E-state index contributed by atoms with van der Waals surface area (Å²) in [4.78, 5) is 33.7. The van der Waals surface area contributed by atoms with E-state index in [1.807, 2.05) is 0 Å². The van der Waals surface area contributed by atoms with Crippen LogP contribution in [0, 0.1) is 27.2 Å². The van der Waals surface area contributed by atoms with Gasteiger partial charge in [0.2, 0.25) is 0 Å². The van der Waals surface area contributed by atoms with Crippen molar-refractivity contribution in [2.45, 2.75) is 13.5 Å². The van der Waals surface area contributed by atoms with Crippen molar-refractivity contribution >= 4 is 34.6 Å². The number of hydrogen-bond donors (Lipinski definition) is 1. The maximum absolute atomic E-state index is 12.7. The Morgan fingerprint density at radius 3 is 2.57 bits per heavy atom. The fraction of sp³-hybridized carbons (Fsp3) is 0.0909. The third-order valence-corrected chi connectivity index (χ3v) is 4.99. The van der Waals surface area contributed by atoms with Gasteiger partial charge in [0, 0.05) is 17.2 Å². The van der Waals surface area contributed by atoms with Gasteiger partial charge in [0.1, 0.15) is 29.7 Å². The van der Waals surface area contributed by atoms with Crippen molar-refractivity contribution in [1.82, 2.24) is 9.78 Å². The number of rotatable bonds is 8. The summed E-state index contributed by atoms with van der Waals surface area (Å²) in [6.45, 7) is 1.84. The zero-order valence-corrected chi connectivity index (χ0v) is 18.8. The number of hydrogen-bond acceptors (Lipinski definition) is 8. The molecule has 0 bridgehead atoms. The molecule has 0 spiro atoms. The van der Waals surface area contributed by atoms with E-state index >= 15 is 0 Å². The summed E-state index contributed by atoms with van der Waals surface area (Å²) < 4.78 is 12.6. The minimum Gasteiger partial charge on any atom is -0.457 e. The Labute approximate surface area is 202 Å². The molecule has 0 fully saturated rings. The predicted molar refractivity (Wildman–Crippen MR) is 124 cm³/mol. The van der Waals surface area contributed by atoms with E-state index < -0.39 is 15.8 Å². The van der Waals surface area contributed by atoms with Gasteiger partial charge in [0.25, 0.3) is 11.6 Å². The molecule has 178 valence electrons. The highest BCUT2D eigenvalue weighted by atomic mass is 35.5. The molecular formula is C22H16ClN5O7. The van der Waals surface area contributed by atoms with Crippen LogP contribution in [0.2, 0.25) is 5.02 Å². The number of nitrogens with zero attached hydrogens (tertiary/aromatic N) is 4. The van der Waals surface area contributed by atoms with Gasteiger partial charge in [-0.2, -0.15) is 5.10 Å². The lowest BCUT2D eigenvalue weighted by Crippen LogP contribution is -2.11. The molecule has 0 aliphatic carbocycles. The summed E-state index contributed by atoms with van der Waals surface area (Å²) in [7, 11) is 0. The third kappa shape index (κ3) is 5.62. The van der Waals surface area contributed by atoms with Crippen LogP contribution in [-0.4, -0.2) is 25.5 Å². The Bertz CT molecular complexity index is 1450. The normalized spacial score (nSPS) is 10.7. The van der Waals surface area contributed by atoms with E-state index in [4.69, 9.17) is 20.8 Å². The number of anilines is 1. The number of benzene rings is 2. The van der Waals surface area contributed by atoms with E-state index in [9.17, 15) is 25.0 Å². The van der Waals surface area contributed by atoms with Crippen LogP contribution in [0.25, 0.3) is 0 Å². The SMILES string of the molecule is Cc1cc(Cl)ccc1Oc1cc(NC(=O)c2ccc(Cn3cc([N+](=O)[O-])cn3)o2)cc([N+](=O)[O-])c1. The number of carbonyl (C=O) groups excluding carboxylic acids is 1. The van der Waals surface area contributed by atoms with Crippen molar-refractivity contribution in [3.63, 3.8) is 0 Å². The number of halogens is 1. The second-order valence-corrected chi connectivity index (χ2v) is 7.79. The Morgan fingerprint density at radius 1 is 1.11 bits per heavy atom. The van der Waals surface area contributed by atoms with Crippen LogP contribution in [0.3, 0.4) is 0 Å². The van der Waals surface area contributed by atoms with Crippen LogP contribution >= 0.6 is 11.6 Å². The molecule has 2 aromatic heterocycles. The van der Waals surface area contributed by atoms with Crippen LogP contribution < -0.4 is 10.1 Å². The minimum absolute atomic E-state index is 0.0656. The van der Waals surface area contributed by atoms with Crippen LogP contribution in [0.5, 0.6) is 11.5 Å². The number of nitro benzene ring substituents is 1. The molecule has 0 radical (unpaired) electrons. The maximum Gasteiger partial charge on any atom is 0.307 e. The molecular weight excluding hydrogens is 482 g/mol. The molecule has 1 N–H and O–H groups in total. The van der Waals surface area contributed by atoms with Gasteiger partial charge in [0.15, 0.2) is 5.76 Å². The van der Waals surface area contributed by atoms with Crippen LogP contribution in [0.1, 0.15) is 21.9 Å². The zero-order valence-electron chi connectivity index (χ0n) is 18.0. The number of nitro groups is 2. The molecule has 0 saturated carbocycles. The highest BCUT2D eigenvalue weighted by Gasteiger charge is 2.17. The number of amides is 1. The molecule has 4 rings (SSSR count). The predicted octanol–water partition coefficient (Wildman–Crippen LogP) is 5.35. The number of non-ortho nitro benzene ring substituents is 1. The zero-order chi connectivity index (χ0) is 25.1. The smallest absolute Gasteiger partial charge is 0.307 e. The van der Waals surface area contributed by atoms with Crippen molar-refractivity contribution < 1.29 is 23.8 Å². The first-order chi connectivity index (χ1) is 16.7. The van der Waals surface area contributed by atoms with E-state index in [0.717, 1.165) is 11.8 Å². The first-order valence-corrected chi connectivity index (χ1v) is 10.4. The third-order valence-electron chi connectivity index (χ3n) is 4.76. The summed E-state index contributed by atoms with van der Waals surface area (Å²) in [6, 6.07) is 11.7. The molecule has 35 heavy (non-hydrogen) atoms. The van der Waals surface area contributed by atoms with Crippen molar-refractivity contribution in [3.8, 4) is 11.5 Å². The fourth-order valence-electron chi connectivity index (χ4n) is 3.14. The Kier molecular flexibility index (Phi) is 6.46. The average Bonchev–Trinajstić information content (AvgIpc) is 3.46. The molecule has 0 aliphatic rings. The molecule has 4 aromatic rings. The van der Waals surface area contributed by atoms with Gasteiger partial charge in [-0.3, -0.25) is 29.7 Å². The summed E-state index contributed by atoms with van der Waals surface area (Å²) in [5.74, 6) is 0.192. The van der Waals surface area contributed by atoms with E-state index in [-0.39, 0.29) is 35.1 Å². The molecule has 12 nitrogen and oxygen atoms in total. The number of furan rings is 1. The van der Waals surface area contributed by atoms with Gasteiger partial charge in [-0.05, 0) is 42.8 Å². The minimum atomic E-state index is -0.656. The summed E-state index contributed by atoms with van der Waals surface area (Å²) >= 11 is 5.96. The maximum atomic E-state index is 12.7. The monoisotopic (exact) mass is 497 g/mol. The molecule has 1 amide bonds. The first kappa shape index (κ1) is 23.4. The second kappa shape index (κ2) is 9.65. The summed E-state index contributed by atoms with van der Waals surface area (Å²) in [5.41, 5.74) is 0.378. The average molecular weight is 498 g/mol. The number of carbonyl (C=O) groups is 1. The Hall–Kier alpha value is -4.71. The van der Waals surface area contributed by atoms with Crippen molar-refractivity contribution in [3.05, 3.63) is 103 Å². The molecule has 0 saturated heterocycles. The van der Waals surface area contributed by atoms with Gasteiger partial charge in [-0.1, -0.05) is 11.6 Å². The van der Waals surface area contributed by atoms with Gasteiger partial charge in [-0.25, -0.2) is 0 Å². The summed E-state index contributed by atoms with van der Waals surface area (Å²) in [5, 5.41) is 29.1. The summed E-state index contributed by atoms with van der Waals surface area (Å²) in [6.07, 6.45) is 2.33. The lowest BCUT2D eigenvalue weighted by Gasteiger charge is -2.11. The highest BCUT2D eigenvalue weighted by Crippen LogP contribution is 2.32. The quantitative estimate of drug-likeness (QED) is 0.252. The van der Waals surface area contributed by atoms with Crippen LogP contribution in [-0.2, 0) is 6.54 Å². The van der Waals surface area contributed by atoms with E-state index in [0.29, 0.717) is 16.5 Å². The van der Waals surface area contributed by atoms with Crippen molar-refractivity contribution in [2.75, 3.05) is 5.32 Å². The lowest BCUT2D eigenvalue weighted by molar-refractivity contribution is -0.385.